The fraction of sp³-hybridized carbons (Fsp3) is 0.727. The Morgan fingerprint density at radius 2 is 2.06 bits per heavy atom. The van der Waals surface area contributed by atoms with Crippen LogP contribution in [-0.4, -0.2) is 50.7 Å². The Morgan fingerprint density at radius 1 is 1.41 bits per heavy atom. The van der Waals surface area contributed by atoms with E-state index < -0.39 is 0 Å². The molecule has 0 bridgehead atoms. The van der Waals surface area contributed by atoms with Gasteiger partial charge in [0.05, 0.1) is 0 Å². The first-order valence-electron chi connectivity index (χ1n) is 5.98. The number of hydrogen-bond acceptors (Lipinski definition) is 4. The van der Waals surface area contributed by atoms with Gasteiger partial charge in [-0.15, -0.1) is 0 Å². The predicted molar refractivity (Wildman–Crippen MR) is 63.4 cm³/mol. The van der Waals surface area contributed by atoms with Gasteiger partial charge in [-0.1, -0.05) is 0 Å². The predicted octanol–water partition coefficient (Wildman–Crippen LogP) is 0.0479. The van der Waals surface area contributed by atoms with Crippen molar-refractivity contribution < 1.29 is 4.79 Å². The lowest BCUT2D eigenvalue weighted by molar-refractivity contribution is -0.140. The van der Waals surface area contributed by atoms with Gasteiger partial charge in [0.2, 0.25) is 5.91 Å². The summed E-state index contributed by atoms with van der Waals surface area (Å²) < 4.78 is 1.60. The standard InChI is InChI=1S/C11H19N5O/c1-8-4-12-5-9(2)16(8)11(17)10(3)15-7-13-6-14-15/h6-10,12H,4-5H2,1-3H3. The molecule has 1 aromatic heterocycles. The van der Waals surface area contributed by atoms with Crippen molar-refractivity contribution in [2.75, 3.05) is 13.1 Å². The highest BCUT2D eigenvalue weighted by Gasteiger charge is 2.32. The van der Waals surface area contributed by atoms with Crippen molar-refractivity contribution in [2.45, 2.75) is 38.9 Å². The summed E-state index contributed by atoms with van der Waals surface area (Å²) in [5.74, 6) is 0.108. The maximum absolute atomic E-state index is 12.4. The Bertz CT molecular complexity index is 367. The maximum atomic E-state index is 12.4. The molecule has 0 saturated carbocycles. The van der Waals surface area contributed by atoms with Gasteiger partial charge in [0.25, 0.3) is 0 Å². The minimum atomic E-state index is -0.291. The van der Waals surface area contributed by atoms with Gasteiger partial charge in [-0.3, -0.25) is 4.79 Å². The molecule has 3 unspecified atom stereocenters. The molecule has 17 heavy (non-hydrogen) atoms. The first-order chi connectivity index (χ1) is 8.11. The van der Waals surface area contributed by atoms with Crippen LogP contribution >= 0.6 is 0 Å². The van der Waals surface area contributed by atoms with Crippen molar-refractivity contribution >= 4 is 5.91 Å². The van der Waals surface area contributed by atoms with E-state index in [1.165, 1.54) is 6.33 Å². The zero-order valence-electron chi connectivity index (χ0n) is 10.5. The monoisotopic (exact) mass is 237 g/mol. The second kappa shape index (κ2) is 4.83. The number of aromatic nitrogens is 3. The Labute approximate surface area is 101 Å². The summed E-state index contributed by atoms with van der Waals surface area (Å²) in [4.78, 5) is 18.3. The van der Waals surface area contributed by atoms with Crippen molar-refractivity contribution in [3.63, 3.8) is 0 Å². The number of hydrogen-bond donors (Lipinski definition) is 1. The largest absolute Gasteiger partial charge is 0.333 e. The third-order valence-electron chi connectivity index (χ3n) is 3.27. The minimum absolute atomic E-state index is 0.108. The second-order valence-corrected chi connectivity index (χ2v) is 4.65. The van der Waals surface area contributed by atoms with E-state index in [1.54, 1.807) is 11.0 Å². The van der Waals surface area contributed by atoms with Crippen LogP contribution < -0.4 is 5.32 Å². The molecule has 1 saturated heterocycles. The summed E-state index contributed by atoms with van der Waals surface area (Å²) in [6.45, 7) is 7.68. The summed E-state index contributed by atoms with van der Waals surface area (Å²) in [6.07, 6.45) is 3.04. The molecule has 0 radical (unpaired) electrons. The van der Waals surface area contributed by atoms with Crippen LogP contribution in [-0.2, 0) is 4.79 Å². The van der Waals surface area contributed by atoms with Gasteiger partial charge in [-0.05, 0) is 20.8 Å². The van der Waals surface area contributed by atoms with E-state index in [0.717, 1.165) is 13.1 Å². The van der Waals surface area contributed by atoms with Crippen LogP contribution in [0.5, 0.6) is 0 Å². The summed E-state index contributed by atoms with van der Waals surface area (Å²) >= 11 is 0. The molecule has 0 aromatic carbocycles. The molecule has 2 heterocycles. The third-order valence-corrected chi connectivity index (χ3v) is 3.27. The Morgan fingerprint density at radius 3 is 2.59 bits per heavy atom. The van der Waals surface area contributed by atoms with Gasteiger partial charge >= 0.3 is 0 Å². The van der Waals surface area contributed by atoms with E-state index in [1.807, 2.05) is 11.8 Å². The fourth-order valence-corrected chi connectivity index (χ4v) is 2.31. The van der Waals surface area contributed by atoms with Crippen LogP contribution in [0.25, 0.3) is 0 Å². The number of rotatable bonds is 2. The van der Waals surface area contributed by atoms with Crippen molar-refractivity contribution in [2.24, 2.45) is 0 Å². The fourth-order valence-electron chi connectivity index (χ4n) is 2.31. The molecule has 3 atom stereocenters. The molecule has 1 fully saturated rings. The van der Waals surface area contributed by atoms with Gasteiger partial charge in [0.1, 0.15) is 18.7 Å². The first-order valence-corrected chi connectivity index (χ1v) is 5.98. The van der Waals surface area contributed by atoms with Gasteiger partial charge in [-0.25, -0.2) is 9.67 Å². The van der Waals surface area contributed by atoms with Crippen LogP contribution in [0.15, 0.2) is 12.7 Å². The number of piperazine rings is 1. The molecule has 1 amide bonds. The lowest BCUT2D eigenvalue weighted by atomic mass is 10.1. The van der Waals surface area contributed by atoms with E-state index in [2.05, 4.69) is 29.2 Å². The van der Waals surface area contributed by atoms with Crippen molar-refractivity contribution in [3.05, 3.63) is 12.7 Å². The molecule has 2 rings (SSSR count). The topological polar surface area (TPSA) is 63.1 Å². The van der Waals surface area contributed by atoms with Crippen LogP contribution in [0.3, 0.4) is 0 Å². The normalized spacial score (nSPS) is 26.9. The van der Waals surface area contributed by atoms with Crippen LogP contribution in [0.4, 0.5) is 0 Å². The zero-order chi connectivity index (χ0) is 12.4. The third kappa shape index (κ3) is 2.31. The van der Waals surface area contributed by atoms with Gasteiger partial charge < -0.3 is 10.2 Å². The van der Waals surface area contributed by atoms with Gasteiger partial charge in [-0.2, -0.15) is 5.10 Å². The molecular weight excluding hydrogens is 218 g/mol. The van der Waals surface area contributed by atoms with E-state index >= 15 is 0 Å². The summed E-state index contributed by atoms with van der Waals surface area (Å²) in [5.41, 5.74) is 0. The highest BCUT2D eigenvalue weighted by atomic mass is 16.2. The lowest BCUT2D eigenvalue weighted by Gasteiger charge is -2.40. The summed E-state index contributed by atoms with van der Waals surface area (Å²) in [6, 6.07) is 0.148. The van der Waals surface area contributed by atoms with E-state index in [4.69, 9.17) is 0 Å². The molecule has 6 nitrogen and oxygen atoms in total. The van der Waals surface area contributed by atoms with E-state index in [0.29, 0.717) is 0 Å². The molecule has 1 aromatic rings. The second-order valence-electron chi connectivity index (χ2n) is 4.65. The number of nitrogens with zero attached hydrogens (tertiary/aromatic N) is 4. The van der Waals surface area contributed by atoms with Crippen molar-refractivity contribution in [1.29, 1.82) is 0 Å². The average molecular weight is 237 g/mol. The zero-order valence-corrected chi connectivity index (χ0v) is 10.5. The molecule has 1 aliphatic heterocycles. The lowest BCUT2D eigenvalue weighted by Crippen LogP contribution is -2.58. The van der Waals surface area contributed by atoms with Crippen LogP contribution in [0.1, 0.15) is 26.8 Å². The Balaban J connectivity index is 2.13. The van der Waals surface area contributed by atoms with Crippen LogP contribution in [0.2, 0.25) is 0 Å². The molecule has 0 aliphatic carbocycles. The molecule has 1 aliphatic rings. The molecule has 1 N–H and O–H groups in total. The number of amides is 1. The quantitative estimate of drug-likeness (QED) is 0.789. The summed E-state index contributed by atoms with van der Waals surface area (Å²) in [5, 5.41) is 7.34. The Hall–Kier alpha value is -1.43. The Kier molecular flexibility index (Phi) is 3.42. The SMILES string of the molecule is CC1CNCC(C)N1C(=O)C(C)n1cncn1. The minimum Gasteiger partial charge on any atom is -0.333 e. The number of carbonyl (C=O) groups is 1. The van der Waals surface area contributed by atoms with Crippen molar-refractivity contribution in [1.82, 2.24) is 25.0 Å². The smallest absolute Gasteiger partial charge is 0.247 e. The van der Waals surface area contributed by atoms with Crippen LogP contribution in [0, 0.1) is 0 Å². The molecule has 6 heteroatoms. The maximum Gasteiger partial charge on any atom is 0.247 e. The number of nitrogens with one attached hydrogen (secondary N) is 1. The summed E-state index contributed by atoms with van der Waals surface area (Å²) in [7, 11) is 0. The number of carbonyl (C=O) groups excluding carboxylic acids is 1. The van der Waals surface area contributed by atoms with E-state index in [9.17, 15) is 4.79 Å². The van der Waals surface area contributed by atoms with E-state index in [-0.39, 0.29) is 24.0 Å². The van der Waals surface area contributed by atoms with Gasteiger partial charge in [0, 0.05) is 25.2 Å². The average Bonchev–Trinajstić information content (AvgIpc) is 2.81. The van der Waals surface area contributed by atoms with Gasteiger partial charge in [0.15, 0.2) is 0 Å². The first kappa shape index (κ1) is 12.0. The molecular formula is C11H19N5O. The molecule has 0 spiro atoms. The van der Waals surface area contributed by atoms with Crippen molar-refractivity contribution in [3.8, 4) is 0 Å². The highest BCUT2D eigenvalue weighted by molar-refractivity contribution is 5.80. The molecule has 94 valence electrons. The highest BCUT2D eigenvalue weighted by Crippen LogP contribution is 2.16.